The van der Waals surface area contributed by atoms with E-state index in [0.29, 0.717) is 11.9 Å². The van der Waals surface area contributed by atoms with Gasteiger partial charge in [0.05, 0.1) is 11.9 Å². The van der Waals surface area contributed by atoms with Crippen LogP contribution in [0.2, 0.25) is 0 Å². The van der Waals surface area contributed by atoms with Crippen LogP contribution in [0, 0.1) is 0 Å². The summed E-state index contributed by atoms with van der Waals surface area (Å²) in [6.45, 7) is 7.90. The summed E-state index contributed by atoms with van der Waals surface area (Å²) >= 11 is 0. The van der Waals surface area contributed by atoms with Crippen molar-refractivity contribution in [2.45, 2.75) is 38.6 Å². The van der Waals surface area contributed by atoms with E-state index in [1.165, 1.54) is 32.5 Å². The Balaban J connectivity index is 2.17. The van der Waals surface area contributed by atoms with Crippen LogP contribution in [0.5, 0.6) is 0 Å². The Kier molecular flexibility index (Phi) is 4.49. The highest BCUT2D eigenvalue weighted by molar-refractivity contribution is 7.17. The highest BCUT2D eigenvalue weighted by atomic mass is 31.0. The Morgan fingerprint density at radius 2 is 2.08 bits per heavy atom. The fourth-order valence-electron chi connectivity index (χ4n) is 1.67. The summed E-state index contributed by atoms with van der Waals surface area (Å²) in [5.41, 5.74) is 0. The standard InChI is InChI=1S/C9H20NOP/c1-3-10-6-4-9(5-7-10)11-8(2)12/h8-9H,3-7,12H2,1-2H3. The molecular formula is C9H20NOP. The van der Waals surface area contributed by atoms with Crippen LogP contribution in [0.15, 0.2) is 0 Å². The summed E-state index contributed by atoms with van der Waals surface area (Å²) in [6.07, 6.45) is 2.90. The van der Waals surface area contributed by atoms with Gasteiger partial charge in [0.1, 0.15) is 0 Å². The molecule has 1 aliphatic rings. The zero-order valence-electron chi connectivity index (χ0n) is 8.12. The summed E-state index contributed by atoms with van der Waals surface area (Å²) < 4.78 is 5.72. The van der Waals surface area contributed by atoms with E-state index in [4.69, 9.17) is 4.74 Å². The predicted octanol–water partition coefficient (Wildman–Crippen LogP) is 1.71. The Morgan fingerprint density at radius 1 is 1.50 bits per heavy atom. The number of hydrogen-bond acceptors (Lipinski definition) is 2. The molecule has 1 fully saturated rings. The van der Waals surface area contributed by atoms with Crippen molar-refractivity contribution in [2.75, 3.05) is 19.6 Å². The van der Waals surface area contributed by atoms with Crippen molar-refractivity contribution in [3.8, 4) is 0 Å². The van der Waals surface area contributed by atoms with Gasteiger partial charge in [0.25, 0.3) is 0 Å². The van der Waals surface area contributed by atoms with Crippen LogP contribution in [0.25, 0.3) is 0 Å². The average molecular weight is 189 g/mol. The molecule has 1 aliphatic heterocycles. The van der Waals surface area contributed by atoms with Gasteiger partial charge in [-0.25, -0.2) is 0 Å². The SMILES string of the molecule is CCN1CCC(OC(C)P)CC1. The first-order chi connectivity index (χ1) is 5.72. The first-order valence-electron chi connectivity index (χ1n) is 4.85. The predicted molar refractivity (Wildman–Crippen MR) is 55.4 cm³/mol. The zero-order chi connectivity index (χ0) is 8.97. The quantitative estimate of drug-likeness (QED) is 0.627. The molecule has 12 heavy (non-hydrogen) atoms. The number of likely N-dealkylation sites (tertiary alicyclic amines) is 1. The molecule has 3 heteroatoms. The van der Waals surface area contributed by atoms with Crippen LogP contribution in [-0.2, 0) is 4.74 Å². The van der Waals surface area contributed by atoms with Crippen LogP contribution < -0.4 is 0 Å². The Morgan fingerprint density at radius 3 is 2.50 bits per heavy atom. The van der Waals surface area contributed by atoms with E-state index in [-0.39, 0.29) is 0 Å². The Bertz CT molecular complexity index is 122. The van der Waals surface area contributed by atoms with E-state index in [1.807, 2.05) is 0 Å². The molecule has 0 aromatic heterocycles. The summed E-state index contributed by atoms with van der Waals surface area (Å²) in [5.74, 6) is 0.308. The van der Waals surface area contributed by atoms with Crippen LogP contribution in [0.4, 0.5) is 0 Å². The zero-order valence-corrected chi connectivity index (χ0v) is 9.28. The second kappa shape index (κ2) is 5.16. The second-order valence-electron chi connectivity index (χ2n) is 3.47. The van der Waals surface area contributed by atoms with Crippen molar-refractivity contribution in [3.63, 3.8) is 0 Å². The maximum atomic E-state index is 5.72. The third-order valence-electron chi connectivity index (χ3n) is 2.39. The van der Waals surface area contributed by atoms with Gasteiger partial charge in [-0.15, -0.1) is 9.24 Å². The van der Waals surface area contributed by atoms with Gasteiger partial charge in [0.2, 0.25) is 0 Å². The molecule has 2 nitrogen and oxygen atoms in total. The van der Waals surface area contributed by atoms with Crippen molar-refractivity contribution in [1.29, 1.82) is 0 Å². The van der Waals surface area contributed by atoms with Crippen LogP contribution in [0.1, 0.15) is 26.7 Å². The number of ether oxygens (including phenoxy) is 1. The molecule has 0 saturated carbocycles. The molecule has 0 aromatic rings. The lowest BCUT2D eigenvalue weighted by molar-refractivity contribution is 0.000915. The van der Waals surface area contributed by atoms with E-state index in [1.54, 1.807) is 0 Å². The molecule has 72 valence electrons. The van der Waals surface area contributed by atoms with Crippen molar-refractivity contribution in [2.24, 2.45) is 0 Å². The second-order valence-corrected chi connectivity index (χ2v) is 4.41. The molecule has 0 amide bonds. The summed E-state index contributed by atoms with van der Waals surface area (Å²) in [7, 11) is 2.69. The summed E-state index contributed by atoms with van der Waals surface area (Å²) in [4.78, 5) is 2.48. The number of hydrogen-bond donors (Lipinski definition) is 0. The van der Waals surface area contributed by atoms with Gasteiger partial charge in [-0.05, 0) is 26.3 Å². The van der Waals surface area contributed by atoms with E-state index >= 15 is 0 Å². The molecule has 0 aromatic carbocycles. The van der Waals surface area contributed by atoms with E-state index < -0.39 is 0 Å². The monoisotopic (exact) mass is 189 g/mol. The van der Waals surface area contributed by atoms with Gasteiger partial charge < -0.3 is 9.64 Å². The Labute approximate surface area is 77.9 Å². The molecule has 2 atom stereocenters. The number of piperidine rings is 1. The van der Waals surface area contributed by atoms with Gasteiger partial charge in [-0.3, -0.25) is 0 Å². The molecular weight excluding hydrogens is 169 g/mol. The highest BCUT2D eigenvalue weighted by Crippen LogP contribution is 2.16. The van der Waals surface area contributed by atoms with Crippen molar-refractivity contribution in [1.82, 2.24) is 4.90 Å². The molecule has 1 rings (SSSR count). The lowest BCUT2D eigenvalue weighted by atomic mass is 10.1. The van der Waals surface area contributed by atoms with Crippen molar-refractivity contribution < 1.29 is 4.74 Å². The van der Waals surface area contributed by atoms with E-state index in [2.05, 4.69) is 28.0 Å². The van der Waals surface area contributed by atoms with E-state index in [9.17, 15) is 0 Å². The van der Waals surface area contributed by atoms with Gasteiger partial charge in [-0.1, -0.05) is 6.92 Å². The van der Waals surface area contributed by atoms with Crippen molar-refractivity contribution >= 4 is 9.24 Å². The minimum Gasteiger partial charge on any atom is -0.371 e. The first kappa shape index (κ1) is 10.4. The third kappa shape index (κ3) is 3.38. The first-order valence-corrected chi connectivity index (χ1v) is 5.52. The molecule has 0 spiro atoms. The Hall–Kier alpha value is 0.350. The maximum Gasteiger partial charge on any atom is 0.0684 e. The maximum absolute atomic E-state index is 5.72. The van der Waals surface area contributed by atoms with Crippen molar-refractivity contribution in [3.05, 3.63) is 0 Å². The fourth-order valence-corrected chi connectivity index (χ4v) is 1.89. The third-order valence-corrected chi connectivity index (χ3v) is 2.55. The minimum atomic E-state index is 0.308. The summed E-state index contributed by atoms with van der Waals surface area (Å²) in [5, 5.41) is 0. The molecule has 0 aliphatic carbocycles. The molecule has 2 unspecified atom stereocenters. The van der Waals surface area contributed by atoms with Gasteiger partial charge in [0, 0.05) is 13.1 Å². The van der Waals surface area contributed by atoms with Gasteiger partial charge in [0.15, 0.2) is 0 Å². The lowest BCUT2D eigenvalue weighted by Gasteiger charge is -2.31. The van der Waals surface area contributed by atoms with Gasteiger partial charge >= 0.3 is 0 Å². The smallest absolute Gasteiger partial charge is 0.0684 e. The largest absolute Gasteiger partial charge is 0.371 e. The normalized spacial score (nSPS) is 24.2. The summed E-state index contributed by atoms with van der Waals surface area (Å²) in [6, 6.07) is 0. The molecule has 1 saturated heterocycles. The van der Waals surface area contributed by atoms with Crippen LogP contribution >= 0.6 is 9.24 Å². The lowest BCUT2D eigenvalue weighted by Crippen LogP contribution is -2.37. The molecule has 0 radical (unpaired) electrons. The molecule has 1 heterocycles. The van der Waals surface area contributed by atoms with Gasteiger partial charge in [-0.2, -0.15) is 0 Å². The van der Waals surface area contributed by atoms with Crippen LogP contribution in [0.3, 0.4) is 0 Å². The minimum absolute atomic E-state index is 0.308. The molecule has 0 N–H and O–H groups in total. The van der Waals surface area contributed by atoms with E-state index in [0.717, 1.165) is 0 Å². The van der Waals surface area contributed by atoms with Crippen LogP contribution in [-0.4, -0.2) is 36.5 Å². The number of nitrogens with zero attached hydrogens (tertiary/aromatic N) is 1. The highest BCUT2D eigenvalue weighted by Gasteiger charge is 2.18. The topological polar surface area (TPSA) is 12.5 Å². The fraction of sp³-hybridized carbons (Fsp3) is 1.00. The number of rotatable bonds is 3. The molecule has 0 bridgehead atoms. The average Bonchev–Trinajstić information content (AvgIpc) is 2.05.